The van der Waals surface area contributed by atoms with E-state index in [-0.39, 0.29) is 6.10 Å². The molecule has 2 aromatic rings. The lowest BCUT2D eigenvalue weighted by Gasteiger charge is -2.32. The minimum Gasteiger partial charge on any atom is -0.368 e. The highest BCUT2D eigenvalue weighted by Gasteiger charge is 2.25. The van der Waals surface area contributed by atoms with Crippen LogP contribution in [-0.4, -0.2) is 57.6 Å². The Morgan fingerprint density at radius 1 is 1.08 bits per heavy atom. The highest BCUT2D eigenvalue weighted by atomic mass is 16.5. The summed E-state index contributed by atoms with van der Waals surface area (Å²) in [5.41, 5.74) is 3.03. The standard InChI is InChI=1S/C19H26N6O/c1-14-11-15(2)22-18(21-14)17-13-24(9-10-26-17)12-16-5-6-20-19(23-16)25-7-3-4-8-25/h5-6,11,17H,3-4,7-10,12-13H2,1-2H3/t17-/m1/s1. The molecule has 2 aromatic heterocycles. The second kappa shape index (κ2) is 7.63. The lowest BCUT2D eigenvalue weighted by molar-refractivity contribution is -0.0377. The number of nitrogens with zero attached hydrogens (tertiary/aromatic N) is 6. The van der Waals surface area contributed by atoms with E-state index in [2.05, 4.69) is 24.8 Å². The predicted octanol–water partition coefficient (Wildman–Crippen LogP) is 2.06. The van der Waals surface area contributed by atoms with Gasteiger partial charge in [0.1, 0.15) is 6.10 Å². The zero-order valence-corrected chi connectivity index (χ0v) is 15.6. The molecule has 0 bridgehead atoms. The number of aryl methyl sites for hydroxylation is 2. The van der Waals surface area contributed by atoms with Crippen LogP contribution >= 0.6 is 0 Å². The fourth-order valence-corrected chi connectivity index (χ4v) is 3.67. The fourth-order valence-electron chi connectivity index (χ4n) is 3.67. The molecule has 0 amide bonds. The number of hydrogen-bond donors (Lipinski definition) is 0. The van der Waals surface area contributed by atoms with E-state index >= 15 is 0 Å². The topological polar surface area (TPSA) is 67.3 Å². The number of ether oxygens (including phenoxy) is 1. The van der Waals surface area contributed by atoms with Crippen molar-refractivity contribution in [3.8, 4) is 0 Å². The second-order valence-electron chi connectivity index (χ2n) is 7.15. The Labute approximate surface area is 154 Å². The van der Waals surface area contributed by atoms with E-state index in [1.807, 2.05) is 32.2 Å². The monoisotopic (exact) mass is 354 g/mol. The van der Waals surface area contributed by atoms with Crippen molar-refractivity contribution in [1.82, 2.24) is 24.8 Å². The normalized spacial score (nSPS) is 21.3. The van der Waals surface area contributed by atoms with Crippen molar-refractivity contribution in [2.75, 3.05) is 37.7 Å². The van der Waals surface area contributed by atoms with Crippen molar-refractivity contribution in [2.45, 2.75) is 39.3 Å². The van der Waals surface area contributed by atoms with Crippen LogP contribution in [0, 0.1) is 13.8 Å². The second-order valence-corrected chi connectivity index (χ2v) is 7.15. The molecule has 138 valence electrons. The summed E-state index contributed by atoms with van der Waals surface area (Å²) in [6.07, 6.45) is 4.26. The first-order chi connectivity index (χ1) is 12.7. The molecule has 0 saturated carbocycles. The van der Waals surface area contributed by atoms with Crippen LogP contribution in [0.15, 0.2) is 18.3 Å². The minimum atomic E-state index is -0.0813. The van der Waals surface area contributed by atoms with Gasteiger partial charge in [-0.05, 0) is 38.8 Å². The Morgan fingerprint density at radius 2 is 1.85 bits per heavy atom. The van der Waals surface area contributed by atoms with Crippen LogP contribution < -0.4 is 4.90 Å². The Balaban J connectivity index is 1.44. The van der Waals surface area contributed by atoms with E-state index in [0.29, 0.717) is 6.61 Å². The minimum absolute atomic E-state index is 0.0813. The molecule has 0 aromatic carbocycles. The number of rotatable bonds is 4. The molecule has 2 saturated heterocycles. The molecule has 2 aliphatic rings. The van der Waals surface area contributed by atoms with E-state index < -0.39 is 0 Å². The van der Waals surface area contributed by atoms with Gasteiger partial charge in [0.2, 0.25) is 5.95 Å². The molecule has 2 aliphatic heterocycles. The van der Waals surface area contributed by atoms with Gasteiger partial charge in [-0.1, -0.05) is 0 Å². The Kier molecular flexibility index (Phi) is 5.08. The number of aromatic nitrogens is 4. The number of anilines is 1. The van der Waals surface area contributed by atoms with Crippen LogP contribution in [0.5, 0.6) is 0 Å². The first-order valence-corrected chi connectivity index (χ1v) is 9.40. The van der Waals surface area contributed by atoms with Crippen molar-refractivity contribution >= 4 is 5.95 Å². The van der Waals surface area contributed by atoms with Gasteiger partial charge in [-0.2, -0.15) is 0 Å². The van der Waals surface area contributed by atoms with Gasteiger partial charge in [-0.15, -0.1) is 0 Å². The molecule has 2 fully saturated rings. The smallest absolute Gasteiger partial charge is 0.225 e. The summed E-state index contributed by atoms with van der Waals surface area (Å²) in [7, 11) is 0. The Bertz CT molecular complexity index is 741. The molecule has 26 heavy (non-hydrogen) atoms. The van der Waals surface area contributed by atoms with Crippen molar-refractivity contribution in [1.29, 1.82) is 0 Å². The molecular weight excluding hydrogens is 328 g/mol. The van der Waals surface area contributed by atoms with E-state index in [9.17, 15) is 0 Å². The van der Waals surface area contributed by atoms with Crippen LogP contribution in [0.4, 0.5) is 5.95 Å². The van der Waals surface area contributed by atoms with Crippen LogP contribution in [0.3, 0.4) is 0 Å². The summed E-state index contributed by atoms with van der Waals surface area (Å²) in [5, 5.41) is 0. The predicted molar refractivity (Wildman–Crippen MR) is 99.0 cm³/mol. The maximum atomic E-state index is 5.94. The third-order valence-electron chi connectivity index (χ3n) is 4.91. The molecule has 0 unspecified atom stereocenters. The molecule has 7 nitrogen and oxygen atoms in total. The molecule has 4 heterocycles. The molecule has 4 rings (SSSR count). The molecular formula is C19H26N6O. The maximum Gasteiger partial charge on any atom is 0.225 e. The average Bonchev–Trinajstić information content (AvgIpc) is 3.16. The summed E-state index contributed by atoms with van der Waals surface area (Å²) < 4.78 is 5.94. The lowest BCUT2D eigenvalue weighted by atomic mass is 10.2. The summed E-state index contributed by atoms with van der Waals surface area (Å²) in [6.45, 7) is 9.29. The average molecular weight is 354 g/mol. The van der Waals surface area contributed by atoms with Gasteiger partial charge in [-0.3, -0.25) is 4.90 Å². The van der Waals surface area contributed by atoms with Gasteiger partial charge in [-0.25, -0.2) is 19.9 Å². The first kappa shape index (κ1) is 17.3. The van der Waals surface area contributed by atoms with Gasteiger partial charge in [0.15, 0.2) is 5.82 Å². The van der Waals surface area contributed by atoms with E-state index in [1.165, 1.54) is 12.8 Å². The SMILES string of the molecule is Cc1cc(C)nc([C@H]2CN(Cc3ccnc(N4CCCC4)n3)CCO2)n1. The summed E-state index contributed by atoms with van der Waals surface area (Å²) >= 11 is 0. The molecule has 0 spiro atoms. The van der Waals surface area contributed by atoms with Gasteiger partial charge < -0.3 is 9.64 Å². The van der Waals surface area contributed by atoms with Gasteiger partial charge in [0, 0.05) is 50.3 Å². The largest absolute Gasteiger partial charge is 0.368 e. The van der Waals surface area contributed by atoms with Gasteiger partial charge in [0.05, 0.1) is 12.3 Å². The fraction of sp³-hybridized carbons (Fsp3) is 0.579. The summed E-state index contributed by atoms with van der Waals surface area (Å²) in [5.74, 6) is 1.65. The molecule has 1 atom stereocenters. The van der Waals surface area contributed by atoms with Gasteiger partial charge in [0.25, 0.3) is 0 Å². The lowest BCUT2D eigenvalue weighted by Crippen LogP contribution is -2.38. The zero-order valence-electron chi connectivity index (χ0n) is 15.6. The summed E-state index contributed by atoms with van der Waals surface area (Å²) in [6, 6.07) is 4.00. The van der Waals surface area contributed by atoms with Crippen molar-refractivity contribution in [3.63, 3.8) is 0 Å². The Hall–Kier alpha value is -2.12. The first-order valence-electron chi connectivity index (χ1n) is 9.40. The third-order valence-corrected chi connectivity index (χ3v) is 4.91. The van der Waals surface area contributed by atoms with Crippen LogP contribution in [-0.2, 0) is 11.3 Å². The van der Waals surface area contributed by atoms with Crippen molar-refractivity contribution in [3.05, 3.63) is 41.2 Å². The summed E-state index contributed by atoms with van der Waals surface area (Å²) in [4.78, 5) is 23.0. The molecule has 0 aliphatic carbocycles. The third kappa shape index (κ3) is 3.99. The van der Waals surface area contributed by atoms with Crippen LogP contribution in [0.2, 0.25) is 0 Å². The highest BCUT2D eigenvalue weighted by molar-refractivity contribution is 5.31. The van der Waals surface area contributed by atoms with Crippen LogP contribution in [0.25, 0.3) is 0 Å². The van der Waals surface area contributed by atoms with Gasteiger partial charge >= 0.3 is 0 Å². The Morgan fingerprint density at radius 3 is 2.62 bits per heavy atom. The van der Waals surface area contributed by atoms with Crippen molar-refractivity contribution < 1.29 is 4.74 Å². The van der Waals surface area contributed by atoms with E-state index in [1.54, 1.807) is 0 Å². The number of morpholine rings is 1. The molecule has 0 N–H and O–H groups in total. The van der Waals surface area contributed by atoms with Crippen LogP contribution in [0.1, 0.15) is 41.9 Å². The quantitative estimate of drug-likeness (QED) is 0.832. The van der Waals surface area contributed by atoms with Crippen molar-refractivity contribution in [2.24, 2.45) is 0 Å². The zero-order chi connectivity index (χ0) is 17.9. The number of hydrogen-bond acceptors (Lipinski definition) is 7. The maximum absolute atomic E-state index is 5.94. The van der Waals surface area contributed by atoms with E-state index in [4.69, 9.17) is 9.72 Å². The highest BCUT2D eigenvalue weighted by Crippen LogP contribution is 2.22. The molecule has 0 radical (unpaired) electrons. The molecule has 7 heteroatoms. The van der Waals surface area contributed by atoms with E-state index in [0.717, 1.165) is 61.6 Å².